The van der Waals surface area contributed by atoms with E-state index in [2.05, 4.69) is 10.3 Å². The van der Waals surface area contributed by atoms with Crippen LogP contribution in [0.3, 0.4) is 0 Å². The van der Waals surface area contributed by atoms with E-state index >= 15 is 0 Å². The Balaban J connectivity index is 2.05. The summed E-state index contributed by atoms with van der Waals surface area (Å²) >= 11 is 0. The molecule has 7 nitrogen and oxygen atoms in total. The topological polar surface area (TPSA) is 99.2 Å². The van der Waals surface area contributed by atoms with E-state index in [0.717, 1.165) is 23.9 Å². The second kappa shape index (κ2) is 8.90. The molecular weight excluding hydrogens is 413 g/mol. The monoisotopic (exact) mass is 432 g/mol. The van der Waals surface area contributed by atoms with Crippen molar-refractivity contribution in [3.8, 4) is 0 Å². The Hall–Kier alpha value is -3.82. The first-order valence-electron chi connectivity index (χ1n) is 9.13. The van der Waals surface area contributed by atoms with Crippen molar-refractivity contribution in [2.45, 2.75) is 19.9 Å². The van der Waals surface area contributed by atoms with Crippen molar-refractivity contribution in [1.82, 2.24) is 9.55 Å². The van der Waals surface area contributed by atoms with Crippen LogP contribution in [0.15, 0.2) is 58.4 Å². The van der Waals surface area contributed by atoms with Crippen LogP contribution in [0.2, 0.25) is 0 Å². The van der Waals surface area contributed by atoms with E-state index in [0.29, 0.717) is 17.9 Å². The van der Waals surface area contributed by atoms with E-state index in [1.54, 1.807) is 12.2 Å². The maximum absolute atomic E-state index is 13.6. The highest BCUT2D eigenvalue weighted by Gasteiger charge is 2.17. The molecule has 0 fully saturated rings. The van der Waals surface area contributed by atoms with Crippen molar-refractivity contribution in [2.75, 3.05) is 12.4 Å². The third kappa shape index (κ3) is 4.85. The molecule has 3 N–H and O–H groups in total. The molecule has 1 aromatic carbocycles. The standard InChI is InChI=1S/C21H19F3N4O3/c1-11-3-4-13(31-2)5-6-17(11)26-21-27-20(30)14(19(25)29)10-28(21)9-12-7-15(22)18(24)16(23)8-12/h4-8,10H,3,9H2,1-2H3,(H2,25,29)(H,26,27,30). The number of nitrogens with two attached hydrogens (primary N) is 1. The molecule has 1 aliphatic carbocycles. The Morgan fingerprint density at radius 1 is 1.26 bits per heavy atom. The molecular formula is C21H19F3N4O3. The van der Waals surface area contributed by atoms with Gasteiger partial charge in [0.15, 0.2) is 17.5 Å². The molecule has 0 unspecified atom stereocenters. The normalized spacial score (nSPS) is 13.6. The van der Waals surface area contributed by atoms with Gasteiger partial charge in [-0.3, -0.25) is 9.59 Å². The Morgan fingerprint density at radius 3 is 2.55 bits per heavy atom. The van der Waals surface area contributed by atoms with Gasteiger partial charge in [-0.05, 0) is 54.8 Å². The Labute approximate surface area is 175 Å². The number of rotatable bonds is 6. The second-order valence-corrected chi connectivity index (χ2v) is 6.82. The maximum atomic E-state index is 13.6. The molecule has 3 rings (SSSR count). The summed E-state index contributed by atoms with van der Waals surface area (Å²) in [5, 5.41) is 2.99. The number of aromatic nitrogens is 2. The van der Waals surface area contributed by atoms with Gasteiger partial charge >= 0.3 is 0 Å². The van der Waals surface area contributed by atoms with Crippen molar-refractivity contribution >= 4 is 11.9 Å². The summed E-state index contributed by atoms with van der Waals surface area (Å²) in [5.41, 5.74) is 5.50. The van der Waals surface area contributed by atoms with E-state index in [-0.39, 0.29) is 18.1 Å². The molecule has 31 heavy (non-hydrogen) atoms. The van der Waals surface area contributed by atoms with Gasteiger partial charge in [0, 0.05) is 11.9 Å². The Morgan fingerprint density at radius 2 is 1.94 bits per heavy atom. The zero-order chi connectivity index (χ0) is 22.7. The number of carbonyl (C=O) groups is 1. The van der Waals surface area contributed by atoms with E-state index in [4.69, 9.17) is 10.5 Å². The summed E-state index contributed by atoms with van der Waals surface area (Å²) < 4.78 is 47.1. The summed E-state index contributed by atoms with van der Waals surface area (Å²) in [6.45, 7) is 1.63. The average Bonchev–Trinajstić information content (AvgIpc) is 2.89. The molecule has 0 atom stereocenters. The van der Waals surface area contributed by atoms with Gasteiger partial charge in [0.1, 0.15) is 11.3 Å². The fourth-order valence-electron chi connectivity index (χ4n) is 2.94. The van der Waals surface area contributed by atoms with Gasteiger partial charge in [-0.15, -0.1) is 0 Å². The molecule has 0 saturated carbocycles. The smallest absolute Gasteiger partial charge is 0.287 e. The number of nitrogens with one attached hydrogen (secondary N) is 1. The number of carbonyl (C=O) groups excluding carboxylic acids is 1. The highest BCUT2D eigenvalue weighted by molar-refractivity contribution is 5.92. The van der Waals surface area contributed by atoms with Crippen molar-refractivity contribution in [3.05, 3.63) is 92.5 Å². The quantitative estimate of drug-likeness (QED) is 0.684. The number of ether oxygens (including phenoxy) is 1. The number of halogens is 3. The summed E-state index contributed by atoms with van der Waals surface area (Å²) in [5.74, 6) is -4.69. The minimum absolute atomic E-state index is 0.00000756. The van der Waals surface area contributed by atoms with Gasteiger partial charge in [0.2, 0.25) is 5.95 Å². The first-order valence-corrected chi connectivity index (χ1v) is 9.13. The number of amides is 1. The van der Waals surface area contributed by atoms with Crippen LogP contribution in [-0.2, 0) is 11.3 Å². The number of allylic oxidation sites excluding steroid dienone is 4. The lowest BCUT2D eigenvalue weighted by molar-refractivity contribution is 0.0998. The lowest BCUT2D eigenvalue weighted by Crippen LogP contribution is -2.28. The third-order valence-corrected chi connectivity index (χ3v) is 4.62. The number of benzene rings is 1. The van der Waals surface area contributed by atoms with Crippen LogP contribution in [0.5, 0.6) is 0 Å². The molecule has 0 saturated heterocycles. The summed E-state index contributed by atoms with van der Waals surface area (Å²) in [4.78, 5) is 27.7. The number of hydrogen-bond donors (Lipinski definition) is 2. The molecule has 1 heterocycles. The first-order chi connectivity index (χ1) is 14.7. The van der Waals surface area contributed by atoms with Crippen molar-refractivity contribution in [2.24, 2.45) is 5.73 Å². The molecule has 0 bridgehead atoms. The van der Waals surface area contributed by atoms with Gasteiger partial charge in [-0.25, -0.2) is 13.2 Å². The van der Waals surface area contributed by atoms with Crippen LogP contribution in [0.4, 0.5) is 19.1 Å². The van der Waals surface area contributed by atoms with Crippen LogP contribution >= 0.6 is 0 Å². The lowest BCUT2D eigenvalue weighted by atomic mass is 10.1. The highest BCUT2D eigenvalue weighted by atomic mass is 19.2. The Bertz CT molecular complexity index is 1180. The predicted molar refractivity (Wildman–Crippen MR) is 108 cm³/mol. The van der Waals surface area contributed by atoms with Gasteiger partial charge in [0.05, 0.1) is 13.7 Å². The van der Waals surface area contributed by atoms with E-state index in [1.807, 2.05) is 13.0 Å². The molecule has 1 aromatic heterocycles. The van der Waals surface area contributed by atoms with E-state index < -0.39 is 34.5 Å². The molecule has 2 aromatic rings. The maximum Gasteiger partial charge on any atom is 0.287 e. The molecule has 0 radical (unpaired) electrons. The fraction of sp³-hybridized carbons (Fsp3) is 0.190. The van der Waals surface area contributed by atoms with Gasteiger partial charge in [-0.1, -0.05) is 0 Å². The van der Waals surface area contributed by atoms with Crippen molar-refractivity contribution in [1.29, 1.82) is 0 Å². The predicted octanol–water partition coefficient (Wildman–Crippen LogP) is 2.98. The van der Waals surface area contributed by atoms with Gasteiger partial charge in [0.25, 0.3) is 11.5 Å². The zero-order valence-corrected chi connectivity index (χ0v) is 16.7. The number of primary amides is 1. The summed E-state index contributed by atoms with van der Waals surface area (Å²) in [6.07, 6.45) is 6.98. The van der Waals surface area contributed by atoms with Crippen molar-refractivity contribution in [3.63, 3.8) is 0 Å². The van der Waals surface area contributed by atoms with Crippen LogP contribution < -0.4 is 16.6 Å². The van der Waals surface area contributed by atoms with E-state index in [1.165, 1.54) is 11.7 Å². The molecule has 0 aliphatic heterocycles. The summed E-state index contributed by atoms with van der Waals surface area (Å²) in [6, 6.07) is 1.63. The van der Waals surface area contributed by atoms with Crippen LogP contribution in [-0.4, -0.2) is 22.6 Å². The molecule has 1 amide bonds. The number of methoxy groups -OCH3 is 1. The second-order valence-electron chi connectivity index (χ2n) is 6.82. The minimum Gasteiger partial charge on any atom is -0.497 e. The average molecular weight is 432 g/mol. The lowest BCUT2D eigenvalue weighted by Gasteiger charge is -2.17. The zero-order valence-electron chi connectivity index (χ0n) is 16.7. The minimum atomic E-state index is -1.59. The molecule has 1 aliphatic rings. The van der Waals surface area contributed by atoms with Crippen LogP contribution in [0.1, 0.15) is 29.3 Å². The van der Waals surface area contributed by atoms with Gasteiger partial charge in [-0.2, -0.15) is 4.98 Å². The first kappa shape index (κ1) is 21.9. The number of nitrogens with zero attached hydrogens (tertiary/aromatic N) is 2. The third-order valence-electron chi connectivity index (χ3n) is 4.62. The van der Waals surface area contributed by atoms with Crippen molar-refractivity contribution < 1.29 is 22.7 Å². The SMILES string of the molecule is COC1=CCC(C)=C(Nc2nc(=O)c(C(N)=O)cn2Cc2cc(F)c(F)c(F)c2)C=C1. The number of anilines is 1. The summed E-state index contributed by atoms with van der Waals surface area (Å²) in [7, 11) is 1.53. The Kier molecular flexibility index (Phi) is 6.28. The number of hydrogen-bond acceptors (Lipinski definition) is 5. The van der Waals surface area contributed by atoms with E-state index in [9.17, 15) is 22.8 Å². The van der Waals surface area contributed by atoms with Crippen LogP contribution in [0.25, 0.3) is 0 Å². The van der Waals surface area contributed by atoms with Crippen LogP contribution in [0, 0.1) is 17.5 Å². The highest BCUT2D eigenvalue weighted by Crippen LogP contribution is 2.21. The molecule has 10 heteroatoms. The fourth-order valence-corrected chi connectivity index (χ4v) is 2.94. The van der Waals surface area contributed by atoms with Gasteiger partial charge < -0.3 is 20.4 Å². The molecule has 0 spiro atoms. The largest absolute Gasteiger partial charge is 0.497 e. The molecule has 162 valence electrons.